The van der Waals surface area contributed by atoms with Crippen LogP contribution in [0.5, 0.6) is 0 Å². The number of unbranched alkanes of at least 4 members (excludes halogenated alkanes) is 1. The van der Waals surface area contributed by atoms with Crippen molar-refractivity contribution in [3.63, 3.8) is 0 Å². The van der Waals surface area contributed by atoms with Crippen LogP contribution in [0.4, 0.5) is 10.5 Å². The lowest BCUT2D eigenvalue weighted by atomic mass is 10.2. The molecule has 0 bridgehead atoms. The van der Waals surface area contributed by atoms with E-state index >= 15 is 0 Å². The molecule has 1 rings (SSSR count). The summed E-state index contributed by atoms with van der Waals surface area (Å²) in [6.45, 7) is 0.434. The van der Waals surface area contributed by atoms with E-state index in [4.69, 9.17) is 16.7 Å². The number of anilines is 1. The minimum atomic E-state index is -0.824. The third kappa shape index (κ3) is 5.54. The molecule has 0 aliphatic carbocycles. The molecule has 0 saturated heterocycles. The number of carboxylic acids is 1. The van der Waals surface area contributed by atoms with Crippen molar-refractivity contribution in [1.82, 2.24) is 5.32 Å². The second kappa shape index (κ2) is 7.55. The molecule has 0 radical (unpaired) electrons. The maximum absolute atomic E-state index is 11.5. The van der Waals surface area contributed by atoms with Crippen LogP contribution in [0.1, 0.15) is 19.3 Å². The average molecular weight is 271 g/mol. The van der Waals surface area contributed by atoms with Crippen LogP contribution < -0.4 is 10.6 Å². The Morgan fingerprint density at radius 3 is 2.61 bits per heavy atom. The molecule has 98 valence electrons. The summed E-state index contributed by atoms with van der Waals surface area (Å²) in [7, 11) is 0. The van der Waals surface area contributed by atoms with Crippen molar-refractivity contribution >= 4 is 29.3 Å². The van der Waals surface area contributed by atoms with Gasteiger partial charge in [-0.15, -0.1) is 0 Å². The van der Waals surface area contributed by atoms with Gasteiger partial charge in [0.05, 0.1) is 10.7 Å². The fourth-order valence-electron chi connectivity index (χ4n) is 1.33. The molecule has 0 aromatic heterocycles. The lowest BCUT2D eigenvalue weighted by Gasteiger charge is -2.08. The summed E-state index contributed by atoms with van der Waals surface area (Å²) in [5.74, 6) is -0.824. The van der Waals surface area contributed by atoms with Gasteiger partial charge in [0.25, 0.3) is 0 Å². The van der Waals surface area contributed by atoms with Gasteiger partial charge in [0, 0.05) is 13.0 Å². The number of para-hydroxylation sites is 1. The molecule has 6 heteroatoms. The second-order valence-electron chi connectivity index (χ2n) is 3.71. The number of benzene rings is 1. The van der Waals surface area contributed by atoms with Crippen molar-refractivity contribution in [3.05, 3.63) is 29.3 Å². The predicted octanol–water partition coefficient (Wildman–Crippen LogP) is 2.72. The van der Waals surface area contributed by atoms with Crippen LogP contribution in [-0.2, 0) is 4.79 Å². The Labute approximate surface area is 110 Å². The number of amides is 2. The first-order chi connectivity index (χ1) is 8.59. The van der Waals surface area contributed by atoms with Gasteiger partial charge in [-0.1, -0.05) is 23.7 Å². The zero-order valence-electron chi connectivity index (χ0n) is 9.78. The molecule has 0 atom stereocenters. The Hall–Kier alpha value is -1.75. The molecule has 3 N–H and O–H groups in total. The van der Waals surface area contributed by atoms with E-state index in [1.165, 1.54) is 0 Å². The topological polar surface area (TPSA) is 78.4 Å². The van der Waals surface area contributed by atoms with Crippen LogP contribution in [0.15, 0.2) is 24.3 Å². The van der Waals surface area contributed by atoms with Gasteiger partial charge in [0.15, 0.2) is 0 Å². The Morgan fingerprint density at radius 2 is 1.94 bits per heavy atom. The van der Waals surface area contributed by atoms with Gasteiger partial charge in [-0.3, -0.25) is 4.79 Å². The third-order valence-electron chi connectivity index (χ3n) is 2.23. The number of carboxylic acid groups (broad SMARTS) is 1. The van der Waals surface area contributed by atoms with Crippen LogP contribution in [0, 0.1) is 0 Å². The quantitative estimate of drug-likeness (QED) is 0.696. The monoisotopic (exact) mass is 270 g/mol. The number of rotatable bonds is 6. The van der Waals surface area contributed by atoms with E-state index in [1.54, 1.807) is 24.3 Å². The molecule has 0 spiro atoms. The first-order valence-electron chi connectivity index (χ1n) is 5.61. The minimum Gasteiger partial charge on any atom is -0.481 e. The van der Waals surface area contributed by atoms with Gasteiger partial charge in [-0.25, -0.2) is 4.79 Å². The number of nitrogens with one attached hydrogen (secondary N) is 2. The van der Waals surface area contributed by atoms with E-state index in [1.807, 2.05) is 0 Å². The predicted molar refractivity (Wildman–Crippen MR) is 70.0 cm³/mol. The van der Waals surface area contributed by atoms with Gasteiger partial charge in [-0.2, -0.15) is 0 Å². The molecule has 2 amide bonds. The second-order valence-corrected chi connectivity index (χ2v) is 4.12. The molecular weight excluding hydrogens is 256 g/mol. The number of aliphatic carboxylic acids is 1. The van der Waals surface area contributed by atoms with Gasteiger partial charge in [-0.05, 0) is 25.0 Å². The smallest absolute Gasteiger partial charge is 0.319 e. The summed E-state index contributed by atoms with van der Waals surface area (Å²) in [4.78, 5) is 21.7. The number of hydrogen-bond donors (Lipinski definition) is 3. The Kier molecular flexibility index (Phi) is 6.00. The van der Waals surface area contributed by atoms with E-state index in [-0.39, 0.29) is 12.5 Å². The SMILES string of the molecule is O=C(O)CCCCNC(=O)Nc1ccccc1Cl. The Balaban J connectivity index is 2.22. The maximum Gasteiger partial charge on any atom is 0.319 e. The fourth-order valence-corrected chi connectivity index (χ4v) is 1.52. The molecule has 0 fully saturated rings. The summed E-state index contributed by atoms with van der Waals surface area (Å²) in [6.07, 6.45) is 1.29. The molecule has 5 nitrogen and oxygen atoms in total. The largest absolute Gasteiger partial charge is 0.481 e. The van der Waals surface area contributed by atoms with E-state index in [0.717, 1.165) is 0 Å². The highest BCUT2D eigenvalue weighted by atomic mass is 35.5. The molecule has 0 aliphatic rings. The molecular formula is C12H15ClN2O3. The number of carbonyl (C=O) groups excluding carboxylic acids is 1. The number of hydrogen-bond acceptors (Lipinski definition) is 2. The van der Waals surface area contributed by atoms with Gasteiger partial charge >= 0.3 is 12.0 Å². The summed E-state index contributed by atoms with van der Waals surface area (Å²) in [5.41, 5.74) is 0.544. The Bertz CT molecular complexity index is 424. The van der Waals surface area contributed by atoms with Crippen molar-refractivity contribution in [2.24, 2.45) is 0 Å². The number of carbonyl (C=O) groups is 2. The Morgan fingerprint density at radius 1 is 1.22 bits per heavy atom. The minimum absolute atomic E-state index is 0.119. The zero-order chi connectivity index (χ0) is 13.4. The van der Waals surface area contributed by atoms with Crippen LogP contribution >= 0.6 is 11.6 Å². The van der Waals surface area contributed by atoms with Crippen LogP contribution in [0.2, 0.25) is 5.02 Å². The fraction of sp³-hybridized carbons (Fsp3) is 0.333. The average Bonchev–Trinajstić information content (AvgIpc) is 2.31. The van der Waals surface area contributed by atoms with Crippen LogP contribution in [0.3, 0.4) is 0 Å². The molecule has 0 unspecified atom stereocenters. The summed E-state index contributed by atoms with van der Waals surface area (Å²) < 4.78 is 0. The van der Waals surface area contributed by atoms with E-state index in [0.29, 0.717) is 30.1 Å². The van der Waals surface area contributed by atoms with Crippen LogP contribution in [0.25, 0.3) is 0 Å². The molecule has 1 aromatic rings. The summed E-state index contributed by atoms with van der Waals surface area (Å²) >= 11 is 5.88. The number of halogens is 1. The number of urea groups is 1. The standard InChI is InChI=1S/C12H15ClN2O3/c13-9-5-1-2-6-10(9)15-12(18)14-8-4-3-7-11(16)17/h1-2,5-6H,3-4,7-8H2,(H,16,17)(H2,14,15,18). The molecule has 0 heterocycles. The summed E-state index contributed by atoms with van der Waals surface area (Å²) in [6, 6.07) is 6.58. The van der Waals surface area contributed by atoms with Crippen molar-refractivity contribution < 1.29 is 14.7 Å². The highest BCUT2D eigenvalue weighted by Crippen LogP contribution is 2.19. The highest BCUT2D eigenvalue weighted by Gasteiger charge is 2.04. The van der Waals surface area contributed by atoms with Gasteiger partial charge < -0.3 is 15.7 Å². The first kappa shape index (κ1) is 14.3. The van der Waals surface area contributed by atoms with E-state index < -0.39 is 5.97 Å². The molecule has 0 saturated carbocycles. The van der Waals surface area contributed by atoms with Crippen molar-refractivity contribution in [3.8, 4) is 0 Å². The van der Waals surface area contributed by atoms with Crippen LogP contribution in [-0.4, -0.2) is 23.7 Å². The van der Waals surface area contributed by atoms with Crippen molar-refractivity contribution in [1.29, 1.82) is 0 Å². The third-order valence-corrected chi connectivity index (χ3v) is 2.55. The summed E-state index contributed by atoms with van der Waals surface area (Å²) in [5, 5.41) is 14.1. The van der Waals surface area contributed by atoms with Gasteiger partial charge in [0.2, 0.25) is 0 Å². The normalized spacial score (nSPS) is 9.83. The molecule has 1 aromatic carbocycles. The van der Waals surface area contributed by atoms with Crippen molar-refractivity contribution in [2.45, 2.75) is 19.3 Å². The molecule has 18 heavy (non-hydrogen) atoms. The van der Waals surface area contributed by atoms with Crippen molar-refractivity contribution in [2.75, 3.05) is 11.9 Å². The lowest BCUT2D eigenvalue weighted by Crippen LogP contribution is -2.29. The molecule has 0 aliphatic heterocycles. The highest BCUT2D eigenvalue weighted by molar-refractivity contribution is 6.33. The van der Waals surface area contributed by atoms with Gasteiger partial charge in [0.1, 0.15) is 0 Å². The maximum atomic E-state index is 11.5. The first-order valence-corrected chi connectivity index (χ1v) is 5.98. The van der Waals surface area contributed by atoms with E-state index in [2.05, 4.69) is 10.6 Å². The van der Waals surface area contributed by atoms with E-state index in [9.17, 15) is 9.59 Å². The zero-order valence-corrected chi connectivity index (χ0v) is 10.5. The lowest BCUT2D eigenvalue weighted by molar-refractivity contribution is -0.137.